The number of nitrogens with zero attached hydrogens (tertiary/aromatic N) is 1. The molecule has 2 aromatic carbocycles. The zero-order valence-corrected chi connectivity index (χ0v) is 22.2. The maximum atomic E-state index is 12.6. The quantitative estimate of drug-likeness (QED) is 0.185. The monoisotopic (exact) mass is 538 g/mol. The highest BCUT2D eigenvalue weighted by Gasteiger charge is 2.25. The molecule has 7 nitrogen and oxygen atoms in total. The molecule has 0 saturated heterocycles. The smallest absolute Gasteiger partial charge is 0.324 e. The maximum absolute atomic E-state index is 12.6. The van der Waals surface area contributed by atoms with Crippen LogP contribution in [0.25, 0.3) is 0 Å². The number of amides is 3. The van der Waals surface area contributed by atoms with Gasteiger partial charge in [0.1, 0.15) is 10.8 Å². The number of carbonyl (C=O) groups is 3. The van der Waals surface area contributed by atoms with Crippen molar-refractivity contribution in [2.75, 3.05) is 29.0 Å². The fourth-order valence-electron chi connectivity index (χ4n) is 4.46. The lowest BCUT2D eigenvalue weighted by Crippen LogP contribution is -2.30. The number of carbonyl (C=O) groups excluding carboxylic acids is 3. The number of hydrogen-bond acceptors (Lipinski definition) is 5. The van der Waals surface area contributed by atoms with Gasteiger partial charge in [-0.2, -0.15) is 0 Å². The minimum Gasteiger partial charge on any atom is -0.326 e. The van der Waals surface area contributed by atoms with Gasteiger partial charge in [-0.3, -0.25) is 19.8 Å². The van der Waals surface area contributed by atoms with Crippen LogP contribution in [0.1, 0.15) is 41.7 Å². The Balaban J connectivity index is 1.25. The lowest BCUT2D eigenvalue weighted by atomic mass is 10.0. The number of fused-ring (bicyclic) bond motifs is 1. The summed E-state index contributed by atoms with van der Waals surface area (Å²) in [6.45, 7) is 2.55. The molecule has 0 unspecified atom stereocenters. The number of thiophene rings is 1. The molecule has 0 spiro atoms. The molecule has 37 heavy (non-hydrogen) atoms. The van der Waals surface area contributed by atoms with E-state index >= 15 is 0 Å². The van der Waals surface area contributed by atoms with Crippen LogP contribution in [0, 0.1) is 0 Å². The zero-order valence-electron chi connectivity index (χ0n) is 20.6. The minimum atomic E-state index is -0.386. The van der Waals surface area contributed by atoms with E-state index in [1.54, 1.807) is 24.3 Å². The molecule has 3 N–H and O–H groups in total. The van der Waals surface area contributed by atoms with Gasteiger partial charge in [0.25, 0.3) is 0 Å². The van der Waals surface area contributed by atoms with E-state index < -0.39 is 0 Å². The largest absolute Gasteiger partial charge is 0.326 e. The molecule has 0 saturated carbocycles. The zero-order chi connectivity index (χ0) is 26.0. The van der Waals surface area contributed by atoms with Crippen LogP contribution in [-0.2, 0) is 29.0 Å². The van der Waals surface area contributed by atoms with Crippen LogP contribution in [0.4, 0.5) is 21.2 Å². The molecule has 1 aliphatic rings. The molecule has 0 aliphatic carbocycles. The second-order valence-electron chi connectivity index (χ2n) is 9.06. The van der Waals surface area contributed by atoms with E-state index in [-0.39, 0.29) is 6.03 Å². The van der Waals surface area contributed by atoms with Gasteiger partial charge < -0.3 is 10.6 Å². The van der Waals surface area contributed by atoms with Gasteiger partial charge in [-0.25, -0.2) is 4.79 Å². The molecule has 1 aromatic heterocycles. The second kappa shape index (κ2) is 13.4. The summed E-state index contributed by atoms with van der Waals surface area (Å²) < 4.78 is 0. The van der Waals surface area contributed by atoms with Crippen LogP contribution < -0.4 is 16.0 Å². The summed E-state index contributed by atoms with van der Waals surface area (Å²) in [6.07, 6.45) is 5.31. The summed E-state index contributed by atoms with van der Waals surface area (Å²) >= 11 is 7.39. The summed E-state index contributed by atoms with van der Waals surface area (Å²) in [7, 11) is 0. The Kier molecular flexibility index (Phi) is 9.71. The molecule has 1 aliphatic heterocycles. The van der Waals surface area contributed by atoms with Crippen molar-refractivity contribution < 1.29 is 14.4 Å². The first-order valence-corrected chi connectivity index (χ1v) is 13.7. The van der Waals surface area contributed by atoms with Gasteiger partial charge >= 0.3 is 6.03 Å². The predicted molar refractivity (Wildman–Crippen MR) is 151 cm³/mol. The van der Waals surface area contributed by atoms with Crippen LogP contribution in [0.2, 0.25) is 5.02 Å². The SMILES string of the molecule is O=CNc1c(NC(=O)Nc2ccc(Cl)cc2)sc2c1CCN(CCCCC(=O)CCc1ccccc1)C2. The van der Waals surface area contributed by atoms with E-state index in [2.05, 4.69) is 33.0 Å². The minimum absolute atomic E-state index is 0.320. The number of halogens is 1. The molecule has 4 rings (SSSR count). The van der Waals surface area contributed by atoms with E-state index in [0.717, 1.165) is 55.8 Å². The Labute approximate surface area is 226 Å². The molecule has 3 aromatic rings. The van der Waals surface area contributed by atoms with E-state index in [1.807, 2.05) is 18.2 Å². The predicted octanol–water partition coefficient (Wildman–Crippen LogP) is 6.34. The number of nitrogens with one attached hydrogen (secondary N) is 3. The van der Waals surface area contributed by atoms with Crippen molar-refractivity contribution in [3.05, 3.63) is 75.6 Å². The molecule has 9 heteroatoms. The Morgan fingerprint density at radius 1 is 1.00 bits per heavy atom. The lowest BCUT2D eigenvalue weighted by Gasteiger charge is -2.27. The van der Waals surface area contributed by atoms with Gasteiger partial charge in [0.05, 0.1) is 5.69 Å². The summed E-state index contributed by atoms with van der Waals surface area (Å²) in [4.78, 5) is 39.6. The highest BCUT2D eigenvalue weighted by Crippen LogP contribution is 2.41. The average Bonchev–Trinajstić information content (AvgIpc) is 3.23. The third-order valence-corrected chi connectivity index (χ3v) is 7.77. The number of rotatable bonds is 12. The van der Waals surface area contributed by atoms with E-state index in [1.165, 1.54) is 16.9 Å². The number of urea groups is 1. The highest BCUT2D eigenvalue weighted by atomic mass is 35.5. The summed E-state index contributed by atoms with van der Waals surface area (Å²) in [6, 6.07) is 16.6. The fraction of sp³-hybridized carbons (Fsp3) is 0.321. The first-order valence-electron chi connectivity index (χ1n) is 12.5. The number of unbranched alkanes of at least 4 members (excludes halogenated alkanes) is 1. The summed E-state index contributed by atoms with van der Waals surface area (Å²) in [5.74, 6) is 0.320. The number of aryl methyl sites for hydroxylation is 1. The third-order valence-electron chi connectivity index (χ3n) is 6.38. The van der Waals surface area contributed by atoms with Crippen molar-refractivity contribution in [3.8, 4) is 0 Å². The van der Waals surface area contributed by atoms with Crippen molar-refractivity contribution in [3.63, 3.8) is 0 Å². The molecular formula is C28H31ClN4O3S. The normalized spacial score (nSPS) is 13.0. The van der Waals surface area contributed by atoms with Gasteiger partial charge in [-0.15, -0.1) is 11.3 Å². The summed E-state index contributed by atoms with van der Waals surface area (Å²) in [5, 5.41) is 9.65. The topological polar surface area (TPSA) is 90.5 Å². The number of anilines is 3. The second-order valence-corrected chi connectivity index (χ2v) is 10.6. The molecule has 194 valence electrons. The fourth-order valence-corrected chi connectivity index (χ4v) is 5.83. The van der Waals surface area contributed by atoms with Gasteiger partial charge in [-0.1, -0.05) is 41.9 Å². The molecule has 3 amide bonds. The Morgan fingerprint density at radius 3 is 2.54 bits per heavy atom. The molecule has 0 fully saturated rings. The molecule has 0 atom stereocenters. The standard InChI is InChI=1S/C28H31ClN4O3S/c29-21-10-12-22(13-11-21)31-28(36)32-27-26(30-19-34)24-15-17-33(18-25(24)37-27)16-5-4-8-23(35)14-9-20-6-2-1-3-7-20/h1-3,6-7,10-13,19H,4-5,8-9,14-18H2,(H,30,34)(H2,31,32,36). The number of ketones is 1. The van der Waals surface area contributed by atoms with Crippen molar-refractivity contribution in [1.29, 1.82) is 0 Å². The van der Waals surface area contributed by atoms with Gasteiger partial charge in [0.2, 0.25) is 6.41 Å². The Hall–Kier alpha value is -3.20. The van der Waals surface area contributed by atoms with Crippen molar-refractivity contribution in [2.45, 2.75) is 45.1 Å². The molecule has 0 bridgehead atoms. The van der Waals surface area contributed by atoms with Gasteiger partial charge in [0, 0.05) is 41.5 Å². The number of benzene rings is 2. The van der Waals surface area contributed by atoms with E-state index in [0.29, 0.717) is 46.4 Å². The average molecular weight is 539 g/mol. The van der Waals surface area contributed by atoms with Crippen LogP contribution in [0.5, 0.6) is 0 Å². The van der Waals surface area contributed by atoms with Gasteiger partial charge in [0.15, 0.2) is 0 Å². The highest BCUT2D eigenvalue weighted by molar-refractivity contribution is 7.17. The van der Waals surface area contributed by atoms with Crippen LogP contribution in [0.3, 0.4) is 0 Å². The van der Waals surface area contributed by atoms with Crippen LogP contribution >= 0.6 is 22.9 Å². The lowest BCUT2D eigenvalue weighted by molar-refractivity contribution is -0.119. The first kappa shape index (κ1) is 26.9. The van der Waals surface area contributed by atoms with Crippen molar-refractivity contribution >= 4 is 57.5 Å². The first-order chi connectivity index (χ1) is 18.0. The third kappa shape index (κ3) is 7.89. The number of Topliss-reactive ketones (excluding diaryl/α,β-unsaturated/α-hetero) is 1. The van der Waals surface area contributed by atoms with E-state index in [4.69, 9.17) is 11.6 Å². The maximum Gasteiger partial charge on any atom is 0.324 e. The molecule has 0 radical (unpaired) electrons. The van der Waals surface area contributed by atoms with Crippen molar-refractivity contribution in [1.82, 2.24) is 4.90 Å². The van der Waals surface area contributed by atoms with E-state index in [9.17, 15) is 14.4 Å². The van der Waals surface area contributed by atoms with Gasteiger partial charge in [-0.05, 0) is 67.6 Å². The Bertz CT molecular complexity index is 1210. The van der Waals surface area contributed by atoms with Crippen LogP contribution in [-0.4, -0.2) is 36.2 Å². The summed E-state index contributed by atoms with van der Waals surface area (Å²) in [5.41, 5.74) is 3.57. The number of hydrogen-bond donors (Lipinski definition) is 3. The Morgan fingerprint density at radius 2 is 1.78 bits per heavy atom. The molecular weight excluding hydrogens is 508 g/mol. The molecule has 2 heterocycles. The van der Waals surface area contributed by atoms with Crippen LogP contribution in [0.15, 0.2) is 54.6 Å². The van der Waals surface area contributed by atoms with Crippen molar-refractivity contribution in [2.24, 2.45) is 0 Å².